The summed E-state index contributed by atoms with van der Waals surface area (Å²) in [5, 5.41) is 3.47. The second kappa shape index (κ2) is 15.6. The van der Waals surface area contributed by atoms with Gasteiger partial charge < -0.3 is 10.2 Å². The first-order valence-electron chi connectivity index (χ1n) is 15.1. The fourth-order valence-corrected chi connectivity index (χ4v) is 6.96. The Morgan fingerprint density at radius 2 is 1.43 bits per heavy atom. The zero-order valence-electron chi connectivity index (χ0n) is 26.4. The summed E-state index contributed by atoms with van der Waals surface area (Å²) >= 11 is 12.6. The van der Waals surface area contributed by atoms with E-state index in [9.17, 15) is 18.0 Å². The lowest BCUT2D eigenvalue weighted by Crippen LogP contribution is -2.54. The molecule has 4 rings (SSSR count). The maximum atomic E-state index is 14.6. The van der Waals surface area contributed by atoms with Crippen molar-refractivity contribution in [2.24, 2.45) is 0 Å². The monoisotopic (exact) mass is 679 g/mol. The Kier molecular flexibility index (Phi) is 11.9. The van der Waals surface area contributed by atoms with Crippen molar-refractivity contribution in [3.05, 3.63) is 129 Å². The molecule has 0 spiro atoms. The summed E-state index contributed by atoms with van der Waals surface area (Å²) in [7, 11) is -4.27. The molecule has 0 bridgehead atoms. The van der Waals surface area contributed by atoms with Crippen LogP contribution in [-0.4, -0.2) is 43.8 Å². The maximum Gasteiger partial charge on any atom is 0.264 e. The Morgan fingerprint density at radius 3 is 2.04 bits per heavy atom. The molecule has 0 aliphatic heterocycles. The Hall–Kier alpha value is -3.85. The number of carbonyl (C=O) groups excluding carboxylic acids is 2. The number of aryl methyl sites for hydroxylation is 2. The van der Waals surface area contributed by atoms with E-state index in [4.69, 9.17) is 23.2 Å². The number of anilines is 1. The van der Waals surface area contributed by atoms with Crippen molar-refractivity contribution in [2.45, 2.75) is 64.1 Å². The van der Waals surface area contributed by atoms with Gasteiger partial charge in [-0.15, -0.1) is 0 Å². The van der Waals surface area contributed by atoms with E-state index < -0.39 is 28.5 Å². The van der Waals surface area contributed by atoms with Crippen LogP contribution >= 0.6 is 23.2 Å². The minimum absolute atomic E-state index is 0.00239. The second-order valence-corrected chi connectivity index (χ2v) is 14.2. The highest BCUT2D eigenvalue weighted by atomic mass is 35.5. The number of benzene rings is 4. The molecule has 4 aromatic carbocycles. The second-order valence-electron chi connectivity index (χ2n) is 11.5. The topological polar surface area (TPSA) is 86.8 Å². The van der Waals surface area contributed by atoms with Gasteiger partial charge in [-0.1, -0.05) is 108 Å². The summed E-state index contributed by atoms with van der Waals surface area (Å²) < 4.78 is 29.4. The molecule has 2 amide bonds. The lowest BCUT2D eigenvalue weighted by Gasteiger charge is -2.34. The van der Waals surface area contributed by atoms with Crippen LogP contribution in [0.3, 0.4) is 0 Å². The number of halogens is 2. The molecule has 7 nitrogen and oxygen atoms in total. The smallest absolute Gasteiger partial charge is 0.264 e. The molecule has 0 fully saturated rings. The van der Waals surface area contributed by atoms with E-state index in [1.165, 1.54) is 35.2 Å². The zero-order chi connectivity index (χ0) is 33.4. The van der Waals surface area contributed by atoms with Crippen molar-refractivity contribution in [1.29, 1.82) is 0 Å². The van der Waals surface area contributed by atoms with E-state index >= 15 is 0 Å². The number of rotatable bonds is 13. The van der Waals surface area contributed by atoms with Crippen molar-refractivity contribution in [1.82, 2.24) is 10.2 Å². The summed E-state index contributed by atoms with van der Waals surface area (Å²) in [6.45, 7) is 7.17. The molecule has 0 aliphatic carbocycles. The van der Waals surface area contributed by atoms with E-state index in [0.29, 0.717) is 6.42 Å². The quantitative estimate of drug-likeness (QED) is 0.160. The molecule has 46 heavy (non-hydrogen) atoms. The van der Waals surface area contributed by atoms with Crippen LogP contribution in [0, 0.1) is 13.8 Å². The van der Waals surface area contributed by atoms with Gasteiger partial charge in [0.05, 0.1) is 10.6 Å². The van der Waals surface area contributed by atoms with E-state index in [1.54, 1.807) is 12.1 Å². The Balaban J connectivity index is 1.83. The van der Waals surface area contributed by atoms with Gasteiger partial charge in [0.1, 0.15) is 12.6 Å². The molecule has 4 aromatic rings. The number of hydrogen-bond donors (Lipinski definition) is 1. The summed E-state index contributed by atoms with van der Waals surface area (Å²) in [4.78, 5) is 30.0. The average molecular weight is 681 g/mol. The van der Waals surface area contributed by atoms with Crippen molar-refractivity contribution in [2.75, 3.05) is 10.8 Å². The van der Waals surface area contributed by atoms with Crippen LogP contribution in [0.25, 0.3) is 0 Å². The molecule has 10 heteroatoms. The first-order chi connectivity index (χ1) is 21.9. The van der Waals surface area contributed by atoms with Gasteiger partial charge in [-0.3, -0.25) is 13.9 Å². The van der Waals surface area contributed by atoms with Crippen molar-refractivity contribution < 1.29 is 18.0 Å². The van der Waals surface area contributed by atoms with Crippen LogP contribution < -0.4 is 9.62 Å². The fraction of sp³-hybridized carbons (Fsp3) is 0.278. The number of amides is 2. The van der Waals surface area contributed by atoms with E-state index in [2.05, 4.69) is 5.32 Å². The van der Waals surface area contributed by atoms with Gasteiger partial charge >= 0.3 is 0 Å². The predicted molar refractivity (Wildman–Crippen MR) is 186 cm³/mol. The number of sulfonamides is 1. The van der Waals surface area contributed by atoms with Crippen LogP contribution in [-0.2, 0) is 32.6 Å². The molecule has 0 heterocycles. The van der Waals surface area contributed by atoms with Crippen LogP contribution in [0.2, 0.25) is 10.0 Å². The molecular weight excluding hydrogens is 641 g/mol. The van der Waals surface area contributed by atoms with Crippen LogP contribution in [0.5, 0.6) is 0 Å². The summed E-state index contributed by atoms with van der Waals surface area (Å²) in [6, 6.07) is 26.8. The number of nitrogens with zero attached hydrogens (tertiary/aromatic N) is 2. The minimum atomic E-state index is -4.27. The predicted octanol–water partition coefficient (Wildman–Crippen LogP) is 7.36. The molecule has 242 valence electrons. The van der Waals surface area contributed by atoms with Crippen LogP contribution in [0.1, 0.15) is 42.5 Å². The average Bonchev–Trinajstić information content (AvgIpc) is 3.01. The summed E-state index contributed by atoms with van der Waals surface area (Å²) in [5.41, 5.74) is 3.67. The largest absolute Gasteiger partial charge is 0.352 e. The molecule has 0 aromatic heterocycles. The maximum absolute atomic E-state index is 14.6. The molecular formula is C36H39Cl2N3O4S. The Bertz CT molecular complexity index is 1750. The third-order valence-electron chi connectivity index (χ3n) is 7.73. The standard InChI is InChI=1S/C36H39Cl2N3O4S/c1-5-27(4)39-36(43)34(19-28-11-7-6-8-12-28)40(23-29-13-9-10-26(3)18-29)35(42)24-41(32-21-30(37)20-31(38)22-32)46(44,45)33-16-14-25(2)15-17-33/h6-18,20-22,27,34H,5,19,23-24H2,1-4H3,(H,39,43)/t27-,34+/m1/s1. The summed E-state index contributed by atoms with van der Waals surface area (Å²) in [5.74, 6) is -0.883. The minimum Gasteiger partial charge on any atom is -0.352 e. The third kappa shape index (κ3) is 9.12. The molecule has 2 atom stereocenters. The SMILES string of the molecule is CC[C@@H](C)NC(=O)[C@H](Cc1ccccc1)N(Cc1cccc(C)c1)C(=O)CN(c1cc(Cl)cc(Cl)c1)S(=O)(=O)c1ccc(C)cc1. The van der Waals surface area contributed by atoms with Gasteiger partial charge in [-0.05, 0) is 68.7 Å². The Morgan fingerprint density at radius 1 is 0.804 bits per heavy atom. The molecule has 0 saturated carbocycles. The van der Waals surface area contributed by atoms with Gasteiger partial charge in [-0.25, -0.2) is 8.42 Å². The number of hydrogen-bond acceptors (Lipinski definition) is 4. The van der Waals surface area contributed by atoms with Crippen molar-refractivity contribution >= 4 is 50.7 Å². The first kappa shape index (κ1) is 35.0. The van der Waals surface area contributed by atoms with Gasteiger partial charge in [0.15, 0.2) is 0 Å². The summed E-state index contributed by atoms with van der Waals surface area (Å²) in [6.07, 6.45) is 0.933. The van der Waals surface area contributed by atoms with Gasteiger partial charge in [0, 0.05) is 29.1 Å². The number of carbonyl (C=O) groups is 2. The molecule has 0 radical (unpaired) electrons. The molecule has 1 N–H and O–H groups in total. The highest BCUT2D eigenvalue weighted by Gasteiger charge is 2.35. The molecule has 0 unspecified atom stereocenters. The fourth-order valence-electron chi connectivity index (χ4n) is 5.05. The number of nitrogens with one attached hydrogen (secondary N) is 1. The van der Waals surface area contributed by atoms with E-state index in [1.807, 2.05) is 82.3 Å². The normalized spacial score (nSPS) is 12.7. The van der Waals surface area contributed by atoms with Gasteiger partial charge in [0.2, 0.25) is 11.8 Å². The van der Waals surface area contributed by atoms with Crippen LogP contribution in [0.15, 0.2) is 102 Å². The van der Waals surface area contributed by atoms with Gasteiger partial charge in [0.25, 0.3) is 10.0 Å². The zero-order valence-corrected chi connectivity index (χ0v) is 28.7. The lowest BCUT2D eigenvalue weighted by molar-refractivity contribution is -0.140. The molecule has 0 saturated heterocycles. The highest BCUT2D eigenvalue weighted by molar-refractivity contribution is 7.92. The van der Waals surface area contributed by atoms with Gasteiger partial charge in [-0.2, -0.15) is 0 Å². The van der Waals surface area contributed by atoms with Crippen molar-refractivity contribution in [3.63, 3.8) is 0 Å². The third-order valence-corrected chi connectivity index (χ3v) is 9.96. The highest BCUT2D eigenvalue weighted by Crippen LogP contribution is 2.30. The van der Waals surface area contributed by atoms with E-state index in [-0.39, 0.29) is 45.5 Å². The first-order valence-corrected chi connectivity index (χ1v) is 17.3. The molecule has 0 aliphatic rings. The van der Waals surface area contributed by atoms with Crippen LogP contribution in [0.4, 0.5) is 5.69 Å². The Labute approximate surface area is 282 Å². The van der Waals surface area contributed by atoms with E-state index in [0.717, 1.165) is 26.6 Å². The lowest BCUT2D eigenvalue weighted by atomic mass is 10.0. The van der Waals surface area contributed by atoms with Crippen molar-refractivity contribution in [3.8, 4) is 0 Å².